The van der Waals surface area contributed by atoms with E-state index in [0.717, 1.165) is 0 Å². The number of esters is 3. The van der Waals surface area contributed by atoms with Crippen molar-refractivity contribution < 1.29 is 65.7 Å². The standard InChI is InChI=1S/C13H18NO7P.C13H20NO5P.C9H8BrNO4/c1-4-20-22(18,21-5-2)9-11-8-10(13(15)19-3)6-7-12(11)14(16)17;1-4-18-20(16,19-5-2)9-11-8-10(13(15)17-3)6-7-12(11)14;1-15-9(12)6-2-3-8(11(13)14)7(4-6)5-10/h6-8H,4-5,9H2,1-3H3;6-8H,4-5,9,14H2,1-3H3;2-4H,5H2,1H3. The van der Waals surface area contributed by atoms with Crippen LogP contribution in [-0.4, -0.2) is 75.5 Å². The first kappa shape index (κ1) is 50.5. The molecule has 0 amide bonds. The van der Waals surface area contributed by atoms with Crippen LogP contribution in [0.5, 0.6) is 0 Å². The van der Waals surface area contributed by atoms with Crippen molar-refractivity contribution in [3.63, 3.8) is 0 Å². The Morgan fingerprint density at radius 3 is 1.25 bits per heavy atom. The molecule has 3 rings (SSSR count). The van der Waals surface area contributed by atoms with Crippen molar-refractivity contribution in [2.24, 2.45) is 0 Å². The Morgan fingerprint density at radius 1 is 0.596 bits per heavy atom. The lowest BCUT2D eigenvalue weighted by Crippen LogP contribution is -2.06. The van der Waals surface area contributed by atoms with E-state index in [1.54, 1.807) is 45.9 Å². The van der Waals surface area contributed by atoms with Crippen LogP contribution in [0.1, 0.15) is 75.5 Å². The zero-order valence-electron chi connectivity index (χ0n) is 32.4. The number of nitro benzene ring substituents is 2. The Balaban J connectivity index is 0.000000435. The van der Waals surface area contributed by atoms with Gasteiger partial charge in [-0.2, -0.15) is 0 Å². The van der Waals surface area contributed by atoms with Gasteiger partial charge >= 0.3 is 33.1 Å². The second kappa shape index (κ2) is 24.9. The second-order valence-corrected chi connectivity index (χ2v) is 15.6. The number of rotatable bonds is 18. The SMILES string of the molecule is CCOP(=O)(Cc1cc(C(=O)OC)ccc1N)OCC.CCOP(=O)(Cc1cc(C(=O)OC)ccc1[N+](=O)[O-])OCC.COC(=O)c1ccc([N+](=O)[O-])c(CBr)c1. The summed E-state index contributed by atoms with van der Waals surface area (Å²) in [6.07, 6.45) is -0.277. The molecule has 0 bridgehead atoms. The number of carbonyl (C=O) groups is 3. The number of nitrogens with zero attached hydrogens (tertiary/aromatic N) is 2. The predicted octanol–water partition coefficient (Wildman–Crippen LogP) is 8.25. The Hall–Kier alpha value is -4.55. The van der Waals surface area contributed by atoms with Crippen molar-refractivity contribution in [1.29, 1.82) is 0 Å². The zero-order valence-corrected chi connectivity index (χ0v) is 35.8. The highest BCUT2D eigenvalue weighted by molar-refractivity contribution is 9.08. The zero-order chi connectivity index (χ0) is 43.3. The average molecular weight is 907 g/mol. The number of anilines is 1. The van der Waals surface area contributed by atoms with Gasteiger partial charge < -0.3 is 38.0 Å². The molecule has 0 aromatic heterocycles. The first-order valence-corrected chi connectivity index (χ1v) is 21.5. The molecule has 2 N–H and O–H groups in total. The highest BCUT2D eigenvalue weighted by Gasteiger charge is 2.30. The number of benzene rings is 3. The van der Waals surface area contributed by atoms with Gasteiger partial charge in [0.25, 0.3) is 11.4 Å². The predicted molar refractivity (Wildman–Crippen MR) is 213 cm³/mol. The number of alkyl halides is 1. The molecular weight excluding hydrogens is 860 g/mol. The third kappa shape index (κ3) is 16.1. The minimum Gasteiger partial charge on any atom is -0.465 e. The van der Waals surface area contributed by atoms with Gasteiger partial charge in [0.1, 0.15) is 0 Å². The van der Waals surface area contributed by atoms with Gasteiger partial charge in [-0.1, -0.05) is 15.9 Å². The van der Waals surface area contributed by atoms with Crippen LogP contribution in [0.3, 0.4) is 0 Å². The maximum atomic E-state index is 12.5. The summed E-state index contributed by atoms with van der Waals surface area (Å²) < 4.78 is 59.4. The van der Waals surface area contributed by atoms with E-state index in [-0.39, 0.29) is 61.3 Å². The summed E-state index contributed by atoms with van der Waals surface area (Å²) in [6.45, 7) is 7.58. The van der Waals surface area contributed by atoms with Gasteiger partial charge in [-0.15, -0.1) is 0 Å². The topological polar surface area (TPSA) is 262 Å². The van der Waals surface area contributed by atoms with E-state index < -0.39 is 42.9 Å². The first-order chi connectivity index (χ1) is 26.9. The van der Waals surface area contributed by atoms with E-state index in [1.807, 2.05) is 0 Å². The second-order valence-electron chi connectivity index (χ2n) is 10.9. The van der Waals surface area contributed by atoms with Crippen LogP contribution in [0.15, 0.2) is 54.6 Å². The van der Waals surface area contributed by atoms with Gasteiger partial charge in [0.2, 0.25) is 0 Å². The monoisotopic (exact) mass is 905 g/mol. The molecule has 3 aromatic rings. The number of nitrogens with two attached hydrogens (primary N) is 1. The van der Waals surface area contributed by atoms with Gasteiger partial charge in [0, 0.05) is 34.3 Å². The van der Waals surface area contributed by atoms with Crippen molar-refractivity contribution in [3.8, 4) is 0 Å². The number of carbonyl (C=O) groups excluding carboxylic acids is 3. The third-order valence-electron chi connectivity index (χ3n) is 7.13. The first-order valence-electron chi connectivity index (χ1n) is 16.9. The fourth-order valence-electron chi connectivity index (χ4n) is 4.70. The molecule has 0 fully saturated rings. The molecule has 0 spiro atoms. The molecule has 314 valence electrons. The number of ether oxygens (including phenoxy) is 3. The average Bonchev–Trinajstić information content (AvgIpc) is 3.18. The Morgan fingerprint density at radius 2 is 0.912 bits per heavy atom. The summed E-state index contributed by atoms with van der Waals surface area (Å²) in [6, 6.07) is 12.5. The van der Waals surface area contributed by atoms with Gasteiger partial charge in [-0.05, 0) is 75.7 Å². The summed E-state index contributed by atoms with van der Waals surface area (Å²) >= 11 is 3.13. The number of methoxy groups -OCH3 is 3. The highest BCUT2D eigenvalue weighted by Crippen LogP contribution is 2.53. The molecule has 0 heterocycles. The van der Waals surface area contributed by atoms with E-state index in [4.69, 9.17) is 23.8 Å². The molecule has 0 aliphatic rings. The number of nitro groups is 2. The third-order valence-corrected chi connectivity index (χ3v) is 11.8. The molecule has 0 aliphatic carbocycles. The van der Waals surface area contributed by atoms with Crippen molar-refractivity contribution in [1.82, 2.24) is 0 Å². The van der Waals surface area contributed by atoms with Crippen molar-refractivity contribution in [3.05, 3.63) is 108 Å². The molecule has 57 heavy (non-hydrogen) atoms. The molecule has 0 atom stereocenters. The lowest BCUT2D eigenvalue weighted by molar-refractivity contribution is -0.385. The number of nitrogen functional groups attached to an aromatic ring is 1. The Bertz CT molecular complexity index is 1940. The van der Waals surface area contributed by atoms with Gasteiger partial charge in [0.05, 0.1) is 86.6 Å². The summed E-state index contributed by atoms with van der Waals surface area (Å²) in [5.74, 6) is -1.63. The van der Waals surface area contributed by atoms with Crippen LogP contribution in [0.25, 0.3) is 0 Å². The number of hydrogen-bond acceptors (Lipinski definition) is 17. The van der Waals surface area contributed by atoms with Gasteiger partial charge in [-0.3, -0.25) is 29.4 Å². The van der Waals surface area contributed by atoms with E-state index in [2.05, 4.69) is 30.1 Å². The lowest BCUT2D eigenvalue weighted by atomic mass is 10.1. The van der Waals surface area contributed by atoms with Gasteiger partial charge in [-0.25, -0.2) is 14.4 Å². The van der Waals surface area contributed by atoms with Crippen molar-refractivity contribution in [2.45, 2.75) is 45.3 Å². The van der Waals surface area contributed by atoms with Crippen LogP contribution < -0.4 is 5.73 Å². The number of halogens is 1. The maximum Gasteiger partial charge on any atom is 0.337 e. The van der Waals surface area contributed by atoms with Crippen LogP contribution in [-0.2, 0) is 59.1 Å². The van der Waals surface area contributed by atoms with Gasteiger partial charge in [0.15, 0.2) is 0 Å². The van der Waals surface area contributed by atoms with Crippen molar-refractivity contribution >= 4 is 66.1 Å². The summed E-state index contributed by atoms with van der Waals surface area (Å²) in [7, 11) is -3.02. The van der Waals surface area contributed by atoms with Crippen LogP contribution >= 0.6 is 31.1 Å². The minimum atomic E-state index is -3.52. The van der Waals surface area contributed by atoms with E-state index in [1.165, 1.54) is 57.7 Å². The maximum absolute atomic E-state index is 12.5. The Kier molecular flexibility index (Phi) is 22.1. The summed E-state index contributed by atoms with van der Waals surface area (Å²) in [5.41, 5.74) is 7.86. The van der Waals surface area contributed by atoms with Crippen LogP contribution in [0.2, 0.25) is 0 Å². The Labute approximate surface area is 337 Å². The molecule has 22 heteroatoms. The molecule has 0 aliphatic heterocycles. The van der Waals surface area contributed by atoms with Crippen LogP contribution in [0.4, 0.5) is 17.1 Å². The quantitative estimate of drug-likeness (QED) is 0.0239. The lowest BCUT2D eigenvalue weighted by Gasteiger charge is -2.18. The molecule has 19 nitrogen and oxygen atoms in total. The minimum absolute atomic E-state index is 0.0143. The van der Waals surface area contributed by atoms with E-state index in [9.17, 15) is 43.7 Å². The molecule has 0 saturated carbocycles. The van der Waals surface area contributed by atoms with Crippen molar-refractivity contribution in [2.75, 3.05) is 53.5 Å². The molecule has 3 aromatic carbocycles. The smallest absolute Gasteiger partial charge is 0.337 e. The molecule has 0 radical (unpaired) electrons. The summed E-state index contributed by atoms with van der Waals surface area (Å²) in [4.78, 5) is 54.8. The number of hydrogen-bond donors (Lipinski definition) is 1. The fourth-order valence-corrected chi connectivity index (χ4v) is 8.60. The molecular formula is C35H46BrN3O16P2. The molecule has 0 unspecified atom stereocenters. The van der Waals surface area contributed by atoms with E-state index in [0.29, 0.717) is 33.3 Å². The normalized spacial score (nSPS) is 10.9. The van der Waals surface area contributed by atoms with E-state index >= 15 is 0 Å². The largest absolute Gasteiger partial charge is 0.465 e. The van der Waals surface area contributed by atoms with Crippen LogP contribution in [0, 0.1) is 20.2 Å². The fraction of sp³-hybridized carbons (Fsp3) is 0.400. The summed E-state index contributed by atoms with van der Waals surface area (Å²) in [5, 5.41) is 22.0. The molecule has 0 saturated heterocycles. The highest BCUT2D eigenvalue weighted by atomic mass is 79.9.